The van der Waals surface area contributed by atoms with E-state index in [1.807, 2.05) is 6.07 Å². The largest absolute Gasteiger partial charge is 0.469 e. The highest BCUT2D eigenvalue weighted by Crippen LogP contribution is 2.66. The number of fused-ring (bicyclic) bond motifs is 12. The monoisotopic (exact) mass is 775 g/mol. The van der Waals surface area contributed by atoms with Gasteiger partial charge in [0, 0.05) is 49.1 Å². The third kappa shape index (κ3) is 4.69. The van der Waals surface area contributed by atoms with Crippen molar-refractivity contribution in [3.8, 4) is 33.8 Å². The van der Waals surface area contributed by atoms with E-state index in [0.29, 0.717) is 6.42 Å². The van der Waals surface area contributed by atoms with Gasteiger partial charge < -0.3 is 4.74 Å². The van der Waals surface area contributed by atoms with Gasteiger partial charge in [-0.25, -0.2) is 15.0 Å². The van der Waals surface area contributed by atoms with Crippen molar-refractivity contribution >= 4 is 38.7 Å². The first-order valence-electron chi connectivity index (χ1n) is 21.0. The Morgan fingerprint density at radius 1 is 0.450 bits per heavy atom. The van der Waals surface area contributed by atoms with Gasteiger partial charge >= 0.3 is 5.97 Å². The maximum Gasteiger partial charge on any atom is 0.306 e. The normalized spacial score (nSPS) is 20.4. The summed E-state index contributed by atoms with van der Waals surface area (Å²) in [6.45, 7) is 2.34. The summed E-state index contributed by atoms with van der Waals surface area (Å²) in [4.78, 5) is 30.6. The van der Waals surface area contributed by atoms with E-state index in [1.165, 1.54) is 34.9 Å². The third-order valence-corrected chi connectivity index (χ3v) is 14.3. The lowest BCUT2D eigenvalue weighted by atomic mass is 9.55. The van der Waals surface area contributed by atoms with E-state index in [0.717, 1.165) is 84.9 Å². The van der Waals surface area contributed by atoms with Crippen LogP contribution < -0.4 is 0 Å². The average Bonchev–Trinajstić information content (AvgIpc) is 3.82. The predicted octanol–water partition coefficient (Wildman–Crippen LogP) is 12.3. The maximum atomic E-state index is 14.3. The molecule has 288 valence electrons. The number of carbonyl (C=O) groups is 1. The van der Waals surface area contributed by atoms with E-state index in [-0.39, 0.29) is 12.4 Å². The number of aromatic nitrogens is 3. The summed E-state index contributed by atoms with van der Waals surface area (Å²) < 4.78 is 5.68. The molecule has 3 unspecified atom stereocenters. The van der Waals surface area contributed by atoms with Gasteiger partial charge in [0.05, 0.1) is 47.2 Å². The number of benzene rings is 6. The Hall–Kier alpha value is -6.98. The number of ether oxygens (including phenoxy) is 1. The molecule has 0 aliphatic heterocycles. The summed E-state index contributed by atoms with van der Waals surface area (Å²) in [5.74, 6) is -0.249. The minimum atomic E-state index is -0.812. The van der Waals surface area contributed by atoms with Gasteiger partial charge in [0.1, 0.15) is 0 Å². The lowest BCUT2D eigenvalue weighted by molar-refractivity contribution is -0.141. The second-order valence-corrected chi connectivity index (χ2v) is 17.1. The Morgan fingerprint density at radius 3 is 1.25 bits per heavy atom. The smallest absolute Gasteiger partial charge is 0.306 e. The van der Waals surface area contributed by atoms with E-state index in [9.17, 15) is 4.79 Å². The van der Waals surface area contributed by atoms with E-state index >= 15 is 0 Å². The number of methoxy groups -OCH3 is 1. The van der Waals surface area contributed by atoms with Crippen molar-refractivity contribution in [1.82, 2.24) is 15.0 Å². The van der Waals surface area contributed by atoms with Crippen LogP contribution in [0.4, 0.5) is 0 Å². The molecule has 6 aromatic carbocycles. The molecule has 0 fully saturated rings. The quantitative estimate of drug-likeness (QED) is 0.151. The van der Waals surface area contributed by atoms with Crippen LogP contribution in [0.1, 0.15) is 66.0 Å². The molecular weight excluding hydrogens is 735 g/mol. The van der Waals surface area contributed by atoms with Crippen molar-refractivity contribution in [1.29, 1.82) is 0 Å². The van der Waals surface area contributed by atoms with Crippen LogP contribution in [0, 0.1) is 0 Å². The van der Waals surface area contributed by atoms with E-state index in [4.69, 9.17) is 19.7 Å². The van der Waals surface area contributed by atoms with Crippen LogP contribution >= 0.6 is 0 Å². The second kappa shape index (κ2) is 12.8. The standard InChI is InChI=1S/C55H41N3O2/c1-3-53(40-22-10-7-19-37(40)50-43(53)28-34-16-4-13-25-46(34)56-50)32-55(42-24-12-9-21-39(42)52-45(55)30-36-18-6-15-27-48(36)58-52)33-54(31-49(59)60-2)41-23-11-8-20-38(41)51-44(54)29-35-17-5-14-26-47(35)57-51/h4-30H,3,31-33H2,1-2H3. The van der Waals surface area contributed by atoms with E-state index < -0.39 is 16.2 Å². The number of rotatable bonds is 7. The van der Waals surface area contributed by atoms with Gasteiger partial charge in [0.2, 0.25) is 0 Å². The molecule has 9 aromatic rings. The number of nitrogens with zero attached hydrogens (tertiary/aromatic N) is 3. The molecule has 0 N–H and O–H groups in total. The van der Waals surface area contributed by atoms with Crippen molar-refractivity contribution in [3.05, 3.63) is 197 Å². The molecule has 3 aliphatic carbocycles. The van der Waals surface area contributed by atoms with Gasteiger partial charge in [-0.3, -0.25) is 4.79 Å². The molecule has 5 heteroatoms. The zero-order valence-electron chi connectivity index (χ0n) is 33.6. The molecule has 5 nitrogen and oxygen atoms in total. The van der Waals surface area contributed by atoms with Crippen LogP contribution in [0.25, 0.3) is 66.5 Å². The lowest BCUT2D eigenvalue weighted by Gasteiger charge is -2.47. The molecule has 3 aliphatic rings. The highest BCUT2D eigenvalue weighted by Gasteiger charge is 2.58. The van der Waals surface area contributed by atoms with Gasteiger partial charge in [0.25, 0.3) is 0 Å². The molecule has 0 bridgehead atoms. The highest BCUT2D eigenvalue weighted by atomic mass is 16.5. The Kier molecular flexibility index (Phi) is 7.44. The van der Waals surface area contributed by atoms with Crippen LogP contribution in [0.5, 0.6) is 0 Å². The van der Waals surface area contributed by atoms with Gasteiger partial charge in [-0.15, -0.1) is 0 Å². The molecule has 3 heterocycles. The topological polar surface area (TPSA) is 65.0 Å². The Balaban J connectivity index is 1.21. The minimum absolute atomic E-state index is 0.159. The van der Waals surface area contributed by atoms with E-state index in [1.54, 1.807) is 0 Å². The lowest BCUT2D eigenvalue weighted by Crippen LogP contribution is -2.44. The fraction of sp³-hybridized carbons (Fsp3) is 0.164. The molecule has 0 saturated heterocycles. The Morgan fingerprint density at radius 2 is 0.800 bits per heavy atom. The Bertz CT molecular complexity index is 3280. The Labute approximate surface area is 348 Å². The number of hydrogen-bond donors (Lipinski definition) is 0. The number of esters is 1. The van der Waals surface area contributed by atoms with E-state index in [2.05, 4.69) is 165 Å². The molecule has 12 rings (SSSR count). The third-order valence-electron chi connectivity index (χ3n) is 14.3. The maximum absolute atomic E-state index is 14.3. The van der Waals surface area contributed by atoms with Crippen molar-refractivity contribution in [2.45, 2.75) is 48.9 Å². The zero-order chi connectivity index (χ0) is 40.2. The van der Waals surface area contributed by atoms with Gasteiger partial charge in [-0.05, 0) is 89.0 Å². The molecule has 0 saturated carbocycles. The van der Waals surface area contributed by atoms with Gasteiger partial charge in [-0.1, -0.05) is 134 Å². The average molecular weight is 776 g/mol. The first-order chi connectivity index (χ1) is 29.5. The van der Waals surface area contributed by atoms with Crippen molar-refractivity contribution in [3.63, 3.8) is 0 Å². The number of carbonyl (C=O) groups excluding carboxylic acids is 1. The minimum Gasteiger partial charge on any atom is -0.469 e. The van der Waals surface area contributed by atoms with Crippen LogP contribution in [-0.4, -0.2) is 28.0 Å². The van der Waals surface area contributed by atoms with Crippen LogP contribution in [0.15, 0.2) is 164 Å². The summed E-state index contributed by atoms with van der Waals surface area (Å²) in [6.07, 6.45) is 2.32. The van der Waals surface area contributed by atoms with Crippen molar-refractivity contribution in [2.24, 2.45) is 0 Å². The summed E-state index contributed by atoms with van der Waals surface area (Å²) >= 11 is 0. The number of para-hydroxylation sites is 3. The molecule has 3 atom stereocenters. The predicted molar refractivity (Wildman–Crippen MR) is 240 cm³/mol. The molecular formula is C55H41N3O2. The van der Waals surface area contributed by atoms with Gasteiger partial charge in [0.15, 0.2) is 0 Å². The molecule has 3 aromatic heterocycles. The number of hydrogen-bond acceptors (Lipinski definition) is 5. The van der Waals surface area contributed by atoms with Crippen molar-refractivity contribution in [2.75, 3.05) is 7.11 Å². The molecule has 0 amide bonds. The van der Waals surface area contributed by atoms with Crippen LogP contribution in [-0.2, 0) is 25.8 Å². The first-order valence-corrected chi connectivity index (χ1v) is 21.0. The fourth-order valence-electron chi connectivity index (χ4n) is 11.7. The number of pyridine rings is 3. The van der Waals surface area contributed by atoms with Gasteiger partial charge in [-0.2, -0.15) is 0 Å². The molecule has 0 radical (unpaired) electrons. The highest BCUT2D eigenvalue weighted by molar-refractivity contribution is 5.93. The van der Waals surface area contributed by atoms with Crippen LogP contribution in [0.3, 0.4) is 0 Å². The summed E-state index contributed by atoms with van der Waals surface area (Å²) in [5.41, 5.74) is 14.5. The van der Waals surface area contributed by atoms with Crippen LogP contribution in [0.2, 0.25) is 0 Å². The molecule has 60 heavy (non-hydrogen) atoms. The SMILES string of the molecule is CCC1(CC2(CC3(CC(=O)OC)c4ccccc4-c4nc5ccccc5cc43)c3ccccc3-c3nc4ccccc4cc32)c2ccccc2-c2nc3ccccc3cc21. The van der Waals surface area contributed by atoms with Crippen molar-refractivity contribution < 1.29 is 9.53 Å². The zero-order valence-corrected chi connectivity index (χ0v) is 33.6. The first kappa shape index (κ1) is 35.0. The second-order valence-electron chi connectivity index (χ2n) is 17.1. The molecule has 0 spiro atoms. The summed E-state index contributed by atoms with van der Waals surface area (Å²) in [7, 11) is 1.51. The fourth-order valence-corrected chi connectivity index (χ4v) is 11.7. The summed E-state index contributed by atoms with van der Waals surface area (Å²) in [5, 5.41) is 3.28. The summed E-state index contributed by atoms with van der Waals surface area (Å²) in [6, 6.07) is 58.9.